The van der Waals surface area contributed by atoms with Crippen molar-refractivity contribution in [2.75, 3.05) is 30.1 Å². The highest BCUT2D eigenvalue weighted by atomic mass is 32.2. The second-order valence-electron chi connectivity index (χ2n) is 6.35. The van der Waals surface area contributed by atoms with Crippen LogP contribution in [0.15, 0.2) is 48.5 Å². The van der Waals surface area contributed by atoms with E-state index >= 15 is 0 Å². The van der Waals surface area contributed by atoms with Crippen LogP contribution in [0, 0.1) is 5.82 Å². The molecule has 0 aliphatic rings. The number of hydrogen-bond donors (Lipinski definition) is 3. The average Bonchev–Trinajstić information content (AvgIpc) is 2.77. The van der Waals surface area contributed by atoms with Gasteiger partial charge in [-0.2, -0.15) is 0 Å². The Hall–Kier alpha value is -3.60. The summed E-state index contributed by atoms with van der Waals surface area (Å²) in [7, 11) is 1.51. The summed E-state index contributed by atoms with van der Waals surface area (Å²) in [6.45, 7) is 0.869. The molecule has 0 aliphatic carbocycles. The van der Waals surface area contributed by atoms with Crippen LogP contribution in [0.1, 0.15) is 6.92 Å². The minimum atomic E-state index is -0.810. The summed E-state index contributed by atoms with van der Waals surface area (Å²) in [4.78, 5) is 47.5. The standard InChI is InChI=1S/C21H22FN3O6S/c1-13(32-12-19(27)23-15-5-3-14(22)4-6-15)20(28)31-11-18(26)25-21(29)24-16-7-9-17(30-2)10-8-16/h3-10,13H,11-12H2,1-2H3,(H,23,27)(H2,24,25,26,29). The lowest BCUT2D eigenvalue weighted by atomic mass is 10.3. The fraction of sp³-hybridized carbons (Fsp3) is 0.238. The number of anilines is 2. The number of hydrogen-bond acceptors (Lipinski definition) is 7. The molecule has 1 atom stereocenters. The molecule has 0 aromatic heterocycles. The van der Waals surface area contributed by atoms with Crippen LogP contribution in [0.5, 0.6) is 5.75 Å². The highest BCUT2D eigenvalue weighted by Crippen LogP contribution is 2.15. The maximum Gasteiger partial charge on any atom is 0.325 e. The number of nitrogens with one attached hydrogen (secondary N) is 3. The lowest BCUT2D eigenvalue weighted by Gasteiger charge is -2.12. The van der Waals surface area contributed by atoms with Gasteiger partial charge < -0.3 is 20.1 Å². The molecule has 0 aliphatic heterocycles. The van der Waals surface area contributed by atoms with Crippen LogP contribution >= 0.6 is 11.8 Å². The molecule has 0 bridgehead atoms. The summed E-state index contributed by atoms with van der Waals surface area (Å²) in [6, 6.07) is 10.9. The third-order valence-electron chi connectivity index (χ3n) is 3.87. The number of carbonyl (C=O) groups excluding carboxylic acids is 4. The quantitative estimate of drug-likeness (QED) is 0.489. The molecule has 0 saturated heterocycles. The van der Waals surface area contributed by atoms with Gasteiger partial charge in [0.2, 0.25) is 5.91 Å². The maximum absolute atomic E-state index is 12.9. The molecule has 4 amide bonds. The van der Waals surface area contributed by atoms with E-state index in [2.05, 4.69) is 10.6 Å². The zero-order valence-corrected chi connectivity index (χ0v) is 18.2. The minimum Gasteiger partial charge on any atom is -0.497 e. The maximum atomic E-state index is 12.9. The fourth-order valence-corrected chi connectivity index (χ4v) is 2.93. The smallest absolute Gasteiger partial charge is 0.325 e. The Morgan fingerprint density at radius 3 is 2.16 bits per heavy atom. The normalized spacial score (nSPS) is 11.1. The van der Waals surface area contributed by atoms with Crippen LogP contribution < -0.4 is 20.7 Å². The predicted molar refractivity (Wildman–Crippen MR) is 118 cm³/mol. The molecule has 0 spiro atoms. The van der Waals surface area contributed by atoms with Gasteiger partial charge in [0.05, 0.1) is 12.9 Å². The van der Waals surface area contributed by atoms with E-state index in [-0.39, 0.29) is 11.7 Å². The first-order chi connectivity index (χ1) is 15.3. The van der Waals surface area contributed by atoms with Gasteiger partial charge in [0.15, 0.2) is 6.61 Å². The number of ether oxygens (including phenoxy) is 2. The topological polar surface area (TPSA) is 123 Å². The van der Waals surface area contributed by atoms with Crippen LogP contribution in [0.3, 0.4) is 0 Å². The molecular formula is C21H22FN3O6S. The molecule has 2 aromatic carbocycles. The largest absolute Gasteiger partial charge is 0.497 e. The van der Waals surface area contributed by atoms with E-state index in [1.54, 1.807) is 24.3 Å². The number of halogens is 1. The van der Waals surface area contributed by atoms with Crippen LogP contribution in [0.25, 0.3) is 0 Å². The third-order valence-corrected chi connectivity index (χ3v) is 4.99. The van der Waals surface area contributed by atoms with Crippen molar-refractivity contribution in [1.29, 1.82) is 0 Å². The number of rotatable bonds is 9. The molecule has 0 heterocycles. The fourth-order valence-electron chi connectivity index (χ4n) is 2.25. The number of imide groups is 1. The lowest BCUT2D eigenvalue weighted by molar-refractivity contribution is -0.147. The van der Waals surface area contributed by atoms with E-state index in [4.69, 9.17) is 9.47 Å². The molecule has 170 valence electrons. The van der Waals surface area contributed by atoms with Gasteiger partial charge in [-0.25, -0.2) is 9.18 Å². The predicted octanol–water partition coefficient (Wildman–Crippen LogP) is 2.79. The second kappa shape index (κ2) is 12.3. The van der Waals surface area contributed by atoms with E-state index in [1.165, 1.54) is 38.3 Å². The molecule has 3 N–H and O–H groups in total. The second-order valence-corrected chi connectivity index (χ2v) is 7.68. The first kappa shape index (κ1) is 24.7. The van der Waals surface area contributed by atoms with Crippen molar-refractivity contribution in [3.63, 3.8) is 0 Å². The highest BCUT2D eigenvalue weighted by Gasteiger charge is 2.19. The number of esters is 1. The number of benzene rings is 2. The molecule has 11 heteroatoms. The molecule has 32 heavy (non-hydrogen) atoms. The Labute approximate surface area is 188 Å². The Kier molecular flexibility index (Phi) is 9.48. The van der Waals surface area contributed by atoms with Gasteiger partial charge in [0.25, 0.3) is 5.91 Å². The summed E-state index contributed by atoms with van der Waals surface area (Å²) in [5.41, 5.74) is 0.869. The molecule has 1 unspecified atom stereocenters. The molecule has 2 rings (SSSR count). The molecule has 0 radical (unpaired) electrons. The molecule has 9 nitrogen and oxygen atoms in total. The number of methoxy groups -OCH3 is 1. The highest BCUT2D eigenvalue weighted by molar-refractivity contribution is 8.01. The van der Waals surface area contributed by atoms with Crippen LogP contribution in [-0.2, 0) is 19.1 Å². The minimum absolute atomic E-state index is 0.0515. The summed E-state index contributed by atoms with van der Waals surface area (Å²) in [6.07, 6.45) is 0. The van der Waals surface area contributed by atoms with E-state index in [0.717, 1.165) is 11.8 Å². The summed E-state index contributed by atoms with van der Waals surface area (Å²) >= 11 is 1.00. The van der Waals surface area contributed by atoms with Gasteiger partial charge in [0, 0.05) is 11.4 Å². The molecular weight excluding hydrogens is 441 g/mol. The number of thioether (sulfide) groups is 1. The first-order valence-electron chi connectivity index (χ1n) is 9.35. The van der Waals surface area contributed by atoms with E-state index in [0.29, 0.717) is 17.1 Å². The van der Waals surface area contributed by atoms with Gasteiger partial charge >= 0.3 is 12.0 Å². The summed E-state index contributed by atoms with van der Waals surface area (Å²) < 4.78 is 22.7. The molecule has 2 aromatic rings. The number of amides is 4. The first-order valence-corrected chi connectivity index (χ1v) is 10.4. The Morgan fingerprint density at radius 1 is 0.938 bits per heavy atom. The Morgan fingerprint density at radius 2 is 1.53 bits per heavy atom. The van der Waals surface area contributed by atoms with Crippen molar-refractivity contribution < 1.29 is 33.0 Å². The number of carbonyl (C=O) groups is 4. The zero-order valence-electron chi connectivity index (χ0n) is 17.3. The number of urea groups is 1. The van der Waals surface area contributed by atoms with E-state index in [1.807, 2.05) is 5.32 Å². The van der Waals surface area contributed by atoms with Gasteiger partial charge in [-0.3, -0.25) is 19.7 Å². The lowest BCUT2D eigenvalue weighted by Crippen LogP contribution is -2.37. The van der Waals surface area contributed by atoms with Gasteiger partial charge in [-0.05, 0) is 55.5 Å². The average molecular weight is 463 g/mol. The SMILES string of the molecule is COc1ccc(NC(=O)NC(=O)COC(=O)C(C)SCC(=O)Nc2ccc(F)cc2)cc1. The summed E-state index contributed by atoms with van der Waals surface area (Å²) in [5, 5.41) is 6.33. The van der Waals surface area contributed by atoms with E-state index in [9.17, 15) is 23.6 Å². The Bertz CT molecular complexity index is 953. The Balaban J connectivity index is 1.66. The van der Waals surface area contributed by atoms with Gasteiger partial charge in [-0.1, -0.05) is 0 Å². The molecule has 0 saturated carbocycles. The van der Waals surface area contributed by atoms with Gasteiger partial charge in [0.1, 0.15) is 16.8 Å². The van der Waals surface area contributed by atoms with Crippen LogP contribution in [0.2, 0.25) is 0 Å². The van der Waals surface area contributed by atoms with Crippen molar-refractivity contribution >= 4 is 47.0 Å². The van der Waals surface area contributed by atoms with Crippen LogP contribution in [0.4, 0.5) is 20.6 Å². The van der Waals surface area contributed by atoms with Crippen molar-refractivity contribution in [2.45, 2.75) is 12.2 Å². The molecule has 0 fully saturated rings. The van der Waals surface area contributed by atoms with Crippen molar-refractivity contribution in [1.82, 2.24) is 5.32 Å². The van der Waals surface area contributed by atoms with Gasteiger partial charge in [-0.15, -0.1) is 11.8 Å². The zero-order chi connectivity index (χ0) is 23.5. The monoisotopic (exact) mass is 463 g/mol. The van der Waals surface area contributed by atoms with Crippen molar-refractivity contribution in [2.24, 2.45) is 0 Å². The van der Waals surface area contributed by atoms with Crippen molar-refractivity contribution in [3.05, 3.63) is 54.3 Å². The van der Waals surface area contributed by atoms with Crippen LogP contribution in [-0.4, -0.2) is 48.5 Å². The summed E-state index contributed by atoms with van der Waals surface area (Å²) in [5.74, 6) is -1.76. The third kappa shape index (κ3) is 8.64. The van der Waals surface area contributed by atoms with E-state index < -0.39 is 35.6 Å². The van der Waals surface area contributed by atoms with Crippen molar-refractivity contribution in [3.8, 4) is 5.75 Å².